The maximum Gasteiger partial charge on any atom is 0.0978 e. The maximum atomic E-state index is 13.5. The Hall–Kier alpha value is -1.91. The summed E-state index contributed by atoms with van der Waals surface area (Å²) in [5.41, 5.74) is 3.54. The summed E-state index contributed by atoms with van der Waals surface area (Å²) in [5.74, 6) is 1.51. The first kappa shape index (κ1) is 19.1. The molecular formula is C25H31FN2O. The summed E-state index contributed by atoms with van der Waals surface area (Å²) in [5, 5.41) is 0. The van der Waals surface area contributed by atoms with Crippen LogP contribution >= 0.6 is 0 Å². The van der Waals surface area contributed by atoms with E-state index in [-0.39, 0.29) is 18.2 Å². The Balaban J connectivity index is 1.20. The number of fused-ring (bicyclic) bond motifs is 1. The second-order valence-corrected chi connectivity index (χ2v) is 9.31. The molecule has 4 heteroatoms. The summed E-state index contributed by atoms with van der Waals surface area (Å²) in [6.45, 7) is 5.44. The average Bonchev–Trinajstić information content (AvgIpc) is 3.30. The molecule has 3 aliphatic rings. The van der Waals surface area contributed by atoms with Crippen LogP contribution in [0.1, 0.15) is 30.1 Å². The van der Waals surface area contributed by atoms with Crippen molar-refractivity contribution in [3.8, 4) is 0 Å². The van der Waals surface area contributed by atoms with Gasteiger partial charge in [-0.3, -0.25) is 9.29 Å². The van der Waals surface area contributed by atoms with Gasteiger partial charge in [0.1, 0.15) is 0 Å². The van der Waals surface area contributed by atoms with Crippen LogP contribution in [0.5, 0.6) is 0 Å². The van der Waals surface area contributed by atoms with E-state index in [0.29, 0.717) is 0 Å². The highest BCUT2D eigenvalue weighted by molar-refractivity contribution is 5.49. The smallest absolute Gasteiger partial charge is 0.0978 e. The molecule has 0 bridgehead atoms. The Morgan fingerprint density at radius 3 is 2.17 bits per heavy atom. The number of rotatable bonds is 7. The molecule has 3 nitrogen and oxygen atoms in total. The van der Waals surface area contributed by atoms with Crippen LogP contribution in [0.15, 0.2) is 54.6 Å². The first-order valence-electron chi connectivity index (χ1n) is 10.9. The SMILES string of the molecule is COC(c1ccc(N2CC3CN(Cc4ccccc4)CC3C2)cc1)C1(CF)CC1. The fourth-order valence-corrected chi connectivity index (χ4v) is 5.50. The molecule has 0 spiro atoms. The third kappa shape index (κ3) is 3.69. The fourth-order valence-electron chi connectivity index (χ4n) is 5.50. The van der Waals surface area contributed by atoms with Gasteiger partial charge in [-0.15, -0.1) is 0 Å². The Morgan fingerprint density at radius 2 is 1.62 bits per heavy atom. The molecule has 2 heterocycles. The standard InChI is InChI=1S/C25H31FN2O/c1-29-24(25(18-26)11-12-25)20-7-9-23(10-8-20)28-16-21-14-27(15-22(21)17-28)13-19-5-3-2-4-6-19/h2-10,21-22,24H,11-18H2,1H3. The van der Waals surface area contributed by atoms with Gasteiger partial charge in [0.2, 0.25) is 0 Å². The quantitative estimate of drug-likeness (QED) is 0.677. The van der Waals surface area contributed by atoms with Crippen LogP contribution in [0.4, 0.5) is 10.1 Å². The Bertz CT molecular complexity index is 806. The lowest BCUT2D eigenvalue weighted by Gasteiger charge is -2.26. The van der Waals surface area contributed by atoms with Crippen LogP contribution in [-0.4, -0.2) is 44.9 Å². The van der Waals surface area contributed by atoms with E-state index in [1.807, 2.05) is 0 Å². The zero-order valence-electron chi connectivity index (χ0n) is 17.3. The van der Waals surface area contributed by atoms with Gasteiger partial charge in [-0.25, -0.2) is 0 Å². The van der Waals surface area contributed by atoms with Crippen LogP contribution in [0.25, 0.3) is 0 Å². The number of alkyl halides is 1. The maximum absolute atomic E-state index is 13.5. The van der Waals surface area contributed by atoms with E-state index in [1.165, 1.54) is 24.3 Å². The Kier molecular flexibility index (Phi) is 5.09. The van der Waals surface area contributed by atoms with E-state index in [9.17, 15) is 4.39 Å². The first-order valence-corrected chi connectivity index (χ1v) is 10.9. The number of anilines is 1. The number of nitrogens with zero attached hydrogens (tertiary/aromatic N) is 2. The third-order valence-corrected chi connectivity index (χ3v) is 7.32. The minimum absolute atomic E-state index is 0.119. The predicted molar refractivity (Wildman–Crippen MR) is 115 cm³/mol. The van der Waals surface area contributed by atoms with Gasteiger partial charge in [0, 0.05) is 50.9 Å². The van der Waals surface area contributed by atoms with E-state index < -0.39 is 0 Å². The zero-order chi connectivity index (χ0) is 19.8. The lowest BCUT2D eigenvalue weighted by Crippen LogP contribution is -2.28. The minimum atomic E-state index is -0.289. The largest absolute Gasteiger partial charge is 0.376 e. The van der Waals surface area contributed by atoms with Crippen molar-refractivity contribution in [2.45, 2.75) is 25.5 Å². The van der Waals surface area contributed by atoms with Crippen molar-refractivity contribution in [3.05, 3.63) is 65.7 Å². The van der Waals surface area contributed by atoms with E-state index >= 15 is 0 Å². The molecule has 3 unspecified atom stereocenters. The van der Waals surface area contributed by atoms with Gasteiger partial charge in [0.25, 0.3) is 0 Å². The van der Waals surface area contributed by atoms with Crippen LogP contribution in [0.2, 0.25) is 0 Å². The van der Waals surface area contributed by atoms with Crippen LogP contribution in [-0.2, 0) is 11.3 Å². The summed E-state index contributed by atoms with van der Waals surface area (Å²) < 4.78 is 19.2. The summed E-state index contributed by atoms with van der Waals surface area (Å²) in [6, 6.07) is 19.5. The number of benzene rings is 2. The van der Waals surface area contributed by atoms with E-state index in [4.69, 9.17) is 4.74 Å². The molecule has 1 saturated carbocycles. The predicted octanol–water partition coefficient (Wildman–Crippen LogP) is 4.69. The number of hydrogen-bond acceptors (Lipinski definition) is 3. The molecule has 2 saturated heterocycles. The lowest BCUT2D eigenvalue weighted by atomic mass is 9.93. The van der Waals surface area contributed by atoms with Crippen molar-refractivity contribution in [3.63, 3.8) is 0 Å². The van der Waals surface area contributed by atoms with Crippen LogP contribution in [0, 0.1) is 17.3 Å². The van der Waals surface area contributed by atoms with Gasteiger partial charge in [0.05, 0.1) is 12.8 Å². The molecule has 2 aromatic rings. The van der Waals surface area contributed by atoms with Gasteiger partial charge < -0.3 is 9.64 Å². The topological polar surface area (TPSA) is 15.7 Å². The van der Waals surface area contributed by atoms with Gasteiger partial charge in [0.15, 0.2) is 0 Å². The Morgan fingerprint density at radius 1 is 0.966 bits per heavy atom. The molecule has 154 valence electrons. The molecule has 0 radical (unpaired) electrons. The molecule has 29 heavy (non-hydrogen) atoms. The molecule has 0 amide bonds. The van der Waals surface area contributed by atoms with Crippen molar-refractivity contribution in [2.75, 3.05) is 44.9 Å². The second kappa shape index (κ2) is 7.73. The summed E-state index contributed by atoms with van der Waals surface area (Å²) in [4.78, 5) is 5.14. The fraction of sp³-hybridized carbons (Fsp3) is 0.520. The molecule has 1 aliphatic carbocycles. The van der Waals surface area contributed by atoms with Crippen molar-refractivity contribution in [1.29, 1.82) is 0 Å². The van der Waals surface area contributed by atoms with Crippen LogP contribution < -0.4 is 4.90 Å². The molecule has 5 rings (SSSR count). The van der Waals surface area contributed by atoms with E-state index in [2.05, 4.69) is 64.4 Å². The van der Waals surface area contributed by atoms with Crippen molar-refractivity contribution in [2.24, 2.45) is 17.3 Å². The molecular weight excluding hydrogens is 363 g/mol. The molecule has 0 N–H and O–H groups in total. The molecule has 0 aromatic heterocycles. The number of likely N-dealkylation sites (tertiary alicyclic amines) is 1. The first-order chi connectivity index (χ1) is 14.2. The van der Waals surface area contributed by atoms with E-state index in [1.54, 1.807) is 7.11 Å². The zero-order valence-corrected chi connectivity index (χ0v) is 17.3. The minimum Gasteiger partial charge on any atom is -0.376 e. The highest BCUT2D eigenvalue weighted by atomic mass is 19.1. The molecule has 3 fully saturated rings. The highest BCUT2D eigenvalue weighted by Crippen LogP contribution is 2.56. The summed E-state index contributed by atoms with van der Waals surface area (Å²) in [7, 11) is 1.71. The molecule has 2 aliphatic heterocycles. The third-order valence-electron chi connectivity index (χ3n) is 7.32. The van der Waals surface area contributed by atoms with Crippen molar-refractivity contribution >= 4 is 5.69 Å². The lowest BCUT2D eigenvalue weighted by molar-refractivity contribution is 0.0271. The normalized spacial score (nSPS) is 26.5. The Labute approximate surface area is 173 Å². The van der Waals surface area contributed by atoms with Crippen LogP contribution in [0.3, 0.4) is 0 Å². The molecule has 2 aromatic carbocycles. The number of methoxy groups -OCH3 is 1. The van der Waals surface area contributed by atoms with E-state index in [0.717, 1.165) is 49.9 Å². The van der Waals surface area contributed by atoms with Gasteiger partial charge in [-0.2, -0.15) is 0 Å². The average molecular weight is 395 g/mol. The number of hydrogen-bond donors (Lipinski definition) is 0. The summed E-state index contributed by atoms with van der Waals surface area (Å²) >= 11 is 0. The summed E-state index contributed by atoms with van der Waals surface area (Å²) in [6.07, 6.45) is 1.74. The highest BCUT2D eigenvalue weighted by Gasteiger charge is 2.50. The van der Waals surface area contributed by atoms with Gasteiger partial charge in [-0.1, -0.05) is 42.5 Å². The number of ether oxygens (including phenoxy) is 1. The van der Waals surface area contributed by atoms with Crippen molar-refractivity contribution in [1.82, 2.24) is 4.90 Å². The number of halogens is 1. The molecule has 3 atom stereocenters. The monoisotopic (exact) mass is 394 g/mol. The van der Waals surface area contributed by atoms with Gasteiger partial charge in [-0.05, 0) is 47.9 Å². The van der Waals surface area contributed by atoms with Crippen molar-refractivity contribution < 1.29 is 9.13 Å². The second-order valence-electron chi connectivity index (χ2n) is 9.31. The van der Waals surface area contributed by atoms with Gasteiger partial charge >= 0.3 is 0 Å².